The molecule has 0 bridgehead atoms. The van der Waals surface area contributed by atoms with Gasteiger partial charge < -0.3 is 4.90 Å². The van der Waals surface area contributed by atoms with Gasteiger partial charge in [0.05, 0.1) is 5.39 Å². The smallest absolute Gasteiger partial charge is 0.141 e. The van der Waals surface area contributed by atoms with Crippen molar-refractivity contribution in [2.75, 3.05) is 18.0 Å². The number of aromatic nitrogens is 2. The molecule has 5 heteroatoms. The Kier molecular flexibility index (Phi) is 4.36. The van der Waals surface area contributed by atoms with Crippen molar-refractivity contribution >= 4 is 39.8 Å². The average molecular weight is 324 g/mol. The highest BCUT2D eigenvalue weighted by Gasteiger charge is 2.24. The number of anilines is 1. The van der Waals surface area contributed by atoms with Crippen molar-refractivity contribution in [1.82, 2.24) is 9.97 Å². The van der Waals surface area contributed by atoms with Crippen molar-refractivity contribution in [2.45, 2.75) is 45.4 Å². The first-order valence-corrected chi connectivity index (χ1v) is 8.65. The van der Waals surface area contributed by atoms with E-state index in [-0.39, 0.29) is 12.4 Å². The van der Waals surface area contributed by atoms with Gasteiger partial charge >= 0.3 is 0 Å². The molecule has 0 saturated carbocycles. The lowest BCUT2D eigenvalue weighted by Gasteiger charge is -2.32. The Morgan fingerprint density at radius 2 is 2.05 bits per heavy atom. The standard InChI is InChI=1S/C16H21N3S.ClH/c1-11-5-4-8-19(9-11)15-14-12-6-2-3-7-13(12)20-16(14)18-10-17-15;/h10-11H,2-9H2,1H3;1H. The largest absolute Gasteiger partial charge is 0.356 e. The molecule has 114 valence electrons. The number of hydrogen-bond acceptors (Lipinski definition) is 4. The van der Waals surface area contributed by atoms with Gasteiger partial charge in [0.25, 0.3) is 0 Å². The molecule has 2 aromatic heterocycles. The Hall–Kier alpha value is -0.870. The van der Waals surface area contributed by atoms with E-state index in [0.29, 0.717) is 0 Å². The molecule has 1 unspecified atom stereocenters. The fourth-order valence-corrected chi connectivity index (χ4v) is 4.92. The van der Waals surface area contributed by atoms with E-state index in [1.54, 1.807) is 16.8 Å². The molecule has 0 spiro atoms. The van der Waals surface area contributed by atoms with E-state index >= 15 is 0 Å². The molecule has 0 N–H and O–H groups in total. The van der Waals surface area contributed by atoms with Gasteiger partial charge in [0, 0.05) is 18.0 Å². The van der Waals surface area contributed by atoms with Gasteiger partial charge in [0.1, 0.15) is 17.0 Å². The van der Waals surface area contributed by atoms with Crippen molar-refractivity contribution in [1.29, 1.82) is 0 Å². The van der Waals surface area contributed by atoms with Gasteiger partial charge in [-0.3, -0.25) is 0 Å². The number of rotatable bonds is 1. The van der Waals surface area contributed by atoms with E-state index in [9.17, 15) is 0 Å². The highest BCUT2D eigenvalue weighted by atomic mass is 35.5. The highest BCUT2D eigenvalue weighted by molar-refractivity contribution is 7.19. The second-order valence-electron chi connectivity index (χ2n) is 6.28. The summed E-state index contributed by atoms with van der Waals surface area (Å²) in [6.07, 6.45) is 9.53. The molecule has 21 heavy (non-hydrogen) atoms. The van der Waals surface area contributed by atoms with Gasteiger partial charge in [-0.2, -0.15) is 0 Å². The minimum Gasteiger partial charge on any atom is -0.356 e. The maximum Gasteiger partial charge on any atom is 0.141 e. The Morgan fingerprint density at radius 3 is 2.90 bits per heavy atom. The molecule has 1 fully saturated rings. The topological polar surface area (TPSA) is 29.0 Å². The molecule has 4 rings (SSSR count). The summed E-state index contributed by atoms with van der Waals surface area (Å²) in [7, 11) is 0. The maximum atomic E-state index is 4.67. The van der Waals surface area contributed by atoms with Gasteiger partial charge in [0.15, 0.2) is 0 Å². The molecule has 2 aromatic rings. The minimum atomic E-state index is 0. The molecule has 2 aliphatic rings. The summed E-state index contributed by atoms with van der Waals surface area (Å²) in [4.78, 5) is 14.5. The molecule has 3 nitrogen and oxygen atoms in total. The van der Waals surface area contributed by atoms with E-state index in [0.717, 1.165) is 19.0 Å². The maximum absolute atomic E-state index is 4.67. The number of thiophene rings is 1. The summed E-state index contributed by atoms with van der Waals surface area (Å²) in [5.74, 6) is 1.99. The molecular formula is C16H22ClN3S. The number of piperidine rings is 1. The van der Waals surface area contributed by atoms with Crippen LogP contribution in [0.4, 0.5) is 5.82 Å². The Morgan fingerprint density at radius 1 is 1.19 bits per heavy atom. The minimum absolute atomic E-state index is 0. The Bertz CT molecular complexity index is 640. The number of hydrogen-bond donors (Lipinski definition) is 0. The van der Waals surface area contributed by atoms with E-state index in [2.05, 4.69) is 21.8 Å². The number of aryl methyl sites for hydroxylation is 2. The number of halogens is 1. The van der Waals surface area contributed by atoms with E-state index in [1.807, 2.05) is 11.3 Å². The third kappa shape index (κ3) is 2.64. The van der Waals surface area contributed by atoms with Crippen LogP contribution in [0, 0.1) is 5.92 Å². The van der Waals surface area contributed by atoms with Crippen LogP contribution in [0.15, 0.2) is 6.33 Å². The van der Waals surface area contributed by atoms with Crippen LogP contribution in [0.1, 0.15) is 43.0 Å². The zero-order valence-electron chi connectivity index (χ0n) is 12.5. The first-order chi connectivity index (χ1) is 9.83. The Labute approximate surface area is 136 Å². The molecule has 1 aliphatic heterocycles. The second kappa shape index (κ2) is 6.09. The number of nitrogens with zero attached hydrogens (tertiary/aromatic N) is 3. The summed E-state index contributed by atoms with van der Waals surface area (Å²) >= 11 is 1.90. The fraction of sp³-hybridized carbons (Fsp3) is 0.625. The quantitative estimate of drug-likeness (QED) is 0.786. The highest BCUT2D eigenvalue weighted by Crippen LogP contribution is 2.39. The third-order valence-electron chi connectivity index (χ3n) is 4.69. The summed E-state index contributed by atoms with van der Waals surface area (Å²) in [6, 6.07) is 0. The monoisotopic (exact) mass is 323 g/mol. The van der Waals surface area contributed by atoms with Crippen LogP contribution < -0.4 is 4.90 Å². The summed E-state index contributed by atoms with van der Waals surface area (Å²) in [5.41, 5.74) is 1.56. The molecule has 0 radical (unpaired) electrons. The van der Waals surface area contributed by atoms with Crippen LogP contribution in [-0.2, 0) is 12.8 Å². The van der Waals surface area contributed by atoms with E-state index in [1.165, 1.54) is 54.6 Å². The number of fused-ring (bicyclic) bond motifs is 3. The van der Waals surface area contributed by atoms with Crippen LogP contribution in [0.25, 0.3) is 10.2 Å². The van der Waals surface area contributed by atoms with Crippen LogP contribution in [-0.4, -0.2) is 23.1 Å². The summed E-state index contributed by atoms with van der Waals surface area (Å²) < 4.78 is 0. The molecule has 1 atom stereocenters. The first-order valence-electron chi connectivity index (χ1n) is 7.83. The zero-order chi connectivity index (χ0) is 13.5. The average Bonchev–Trinajstić information content (AvgIpc) is 2.85. The van der Waals surface area contributed by atoms with Crippen molar-refractivity contribution in [2.24, 2.45) is 5.92 Å². The summed E-state index contributed by atoms with van der Waals surface area (Å²) in [5, 5.41) is 1.38. The predicted molar refractivity (Wildman–Crippen MR) is 91.9 cm³/mol. The van der Waals surface area contributed by atoms with Gasteiger partial charge in [-0.25, -0.2) is 9.97 Å². The molecule has 0 amide bonds. The molecule has 1 saturated heterocycles. The lowest BCUT2D eigenvalue weighted by atomic mass is 9.96. The van der Waals surface area contributed by atoms with Crippen LogP contribution in [0.5, 0.6) is 0 Å². The summed E-state index contributed by atoms with van der Waals surface area (Å²) in [6.45, 7) is 4.66. The van der Waals surface area contributed by atoms with Crippen LogP contribution in [0.2, 0.25) is 0 Å². The molecule has 3 heterocycles. The van der Waals surface area contributed by atoms with Crippen LogP contribution in [0.3, 0.4) is 0 Å². The third-order valence-corrected chi connectivity index (χ3v) is 5.89. The van der Waals surface area contributed by atoms with Crippen LogP contribution >= 0.6 is 23.7 Å². The van der Waals surface area contributed by atoms with Gasteiger partial charge in [-0.1, -0.05) is 6.92 Å². The van der Waals surface area contributed by atoms with Gasteiger partial charge in [-0.15, -0.1) is 23.7 Å². The molecule has 0 aromatic carbocycles. The fourth-order valence-electron chi connectivity index (χ4n) is 3.70. The normalized spacial score (nSPS) is 22.0. The SMILES string of the molecule is CC1CCCN(c2ncnc3sc4c(c23)CCCC4)C1.Cl. The van der Waals surface area contributed by atoms with Gasteiger partial charge in [0.2, 0.25) is 0 Å². The van der Waals surface area contributed by atoms with E-state index in [4.69, 9.17) is 0 Å². The van der Waals surface area contributed by atoms with Crippen molar-refractivity contribution in [3.05, 3.63) is 16.8 Å². The van der Waals surface area contributed by atoms with Crippen molar-refractivity contribution in [3.63, 3.8) is 0 Å². The van der Waals surface area contributed by atoms with Crippen molar-refractivity contribution < 1.29 is 0 Å². The first kappa shape index (κ1) is 15.0. The zero-order valence-corrected chi connectivity index (χ0v) is 14.1. The molecular weight excluding hydrogens is 302 g/mol. The Balaban J connectivity index is 0.00000132. The predicted octanol–water partition coefficient (Wildman–Crippen LogP) is 4.23. The van der Waals surface area contributed by atoms with E-state index < -0.39 is 0 Å². The van der Waals surface area contributed by atoms with Crippen molar-refractivity contribution in [3.8, 4) is 0 Å². The lowest BCUT2D eigenvalue weighted by Crippen LogP contribution is -2.35. The second-order valence-corrected chi connectivity index (χ2v) is 7.37. The van der Waals surface area contributed by atoms with Gasteiger partial charge in [-0.05, 0) is 50.0 Å². The molecule has 1 aliphatic carbocycles. The lowest BCUT2D eigenvalue weighted by molar-refractivity contribution is 0.445.